The van der Waals surface area contributed by atoms with Crippen molar-refractivity contribution in [3.63, 3.8) is 0 Å². The van der Waals surface area contributed by atoms with Gasteiger partial charge in [0.15, 0.2) is 6.23 Å². The molecule has 1 aliphatic rings. The minimum Gasteiger partial charge on any atom is -0.394 e. The third-order valence-corrected chi connectivity index (χ3v) is 4.46. The van der Waals surface area contributed by atoms with Crippen LogP contribution in [0.5, 0.6) is 0 Å². The molecule has 5 atom stereocenters. The average Bonchev–Trinajstić information content (AvgIpc) is 2.65. The maximum Gasteiger partial charge on any atom is 0.345 e. The maximum atomic E-state index is 12.7. The molecule has 0 saturated carbocycles. The fourth-order valence-corrected chi connectivity index (χ4v) is 2.94. The Morgan fingerprint density at radius 2 is 1.81 bits per heavy atom. The van der Waals surface area contributed by atoms with Crippen LogP contribution >= 0.6 is 11.6 Å². The van der Waals surface area contributed by atoms with Crippen molar-refractivity contribution in [1.82, 2.24) is 9.91 Å². The molecule has 1 rings (SSSR count). The predicted octanol–water partition coefficient (Wildman–Crippen LogP) is 0.0108. The van der Waals surface area contributed by atoms with Gasteiger partial charge in [0.05, 0.1) is 18.4 Å². The Morgan fingerprint density at radius 1 is 1.12 bits per heavy atom. The number of amides is 2. The first-order valence-electron chi connectivity index (χ1n) is 8.70. The number of hydrogen-bond acceptors (Lipinski definition) is 8. The van der Waals surface area contributed by atoms with E-state index in [-0.39, 0.29) is 19.0 Å². The van der Waals surface area contributed by atoms with Crippen molar-refractivity contribution in [2.75, 3.05) is 25.6 Å². The number of unbranched alkanes of at least 4 members (excludes halogenated alkanes) is 3. The van der Waals surface area contributed by atoms with Crippen molar-refractivity contribution in [3.05, 3.63) is 4.91 Å². The van der Waals surface area contributed by atoms with Crippen LogP contribution < -0.4 is 0 Å². The Kier molecular flexibility index (Phi) is 10.3. The summed E-state index contributed by atoms with van der Waals surface area (Å²) in [5.41, 5.74) is 0. The average molecular weight is 398 g/mol. The second kappa shape index (κ2) is 11.6. The molecule has 0 spiro atoms. The lowest BCUT2D eigenvalue weighted by Gasteiger charge is -2.44. The zero-order valence-corrected chi connectivity index (χ0v) is 15.5. The minimum absolute atomic E-state index is 0.0180. The molecule has 0 unspecified atom stereocenters. The first kappa shape index (κ1) is 23.0. The van der Waals surface area contributed by atoms with Gasteiger partial charge < -0.3 is 25.2 Å². The molecular formula is C15H28ClN3O7. The molecule has 1 heterocycles. The third-order valence-electron chi connectivity index (χ3n) is 4.29. The molecule has 0 radical (unpaired) electrons. The molecule has 1 aliphatic heterocycles. The highest BCUT2D eigenvalue weighted by atomic mass is 35.5. The molecule has 2 amide bonds. The van der Waals surface area contributed by atoms with Crippen molar-refractivity contribution >= 4 is 17.6 Å². The topological polar surface area (TPSA) is 143 Å². The van der Waals surface area contributed by atoms with Gasteiger partial charge in [-0.15, -0.1) is 16.5 Å². The molecule has 26 heavy (non-hydrogen) atoms. The van der Waals surface area contributed by atoms with Gasteiger partial charge in [0.1, 0.15) is 24.4 Å². The summed E-state index contributed by atoms with van der Waals surface area (Å²) in [5.74, 6) is -0.0180. The van der Waals surface area contributed by atoms with Gasteiger partial charge >= 0.3 is 6.03 Å². The molecule has 0 aliphatic carbocycles. The molecule has 0 aromatic rings. The van der Waals surface area contributed by atoms with E-state index in [1.165, 1.54) is 0 Å². The van der Waals surface area contributed by atoms with Crippen LogP contribution in [0.1, 0.15) is 32.6 Å². The van der Waals surface area contributed by atoms with Crippen LogP contribution in [0, 0.1) is 4.91 Å². The van der Waals surface area contributed by atoms with Gasteiger partial charge in [0, 0.05) is 12.4 Å². The first-order chi connectivity index (χ1) is 12.4. The number of carbonyl (C=O) groups is 1. The van der Waals surface area contributed by atoms with Crippen LogP contribution in [-0.2, 0) is 4.74 Å². The standard InChI is InChI=1S/C15H28ClN3O7/c1-2-3-4-5-7-18(15(24)19(17-25)8-6-16)14-13(23)12(22)11(21)10(9-20)26-14/h10-14,20-23H,2-9H2,1H3/t10-,11-,12+,13-,14-/m1/s1. The van der Waals surface area contributed by atoms with E-state index in [1.807, 2.05) is 6.92 Å². The summed E-state index contributed by atoms with van der Waals surface area (Å²) < 4.78 is 5.44. The summed E-state index contributed by atoms with van der Waals surface area (Å²) in [6, 6.07) is -0.832. The number of rotatable bonds is 10. The summed E-state index contributed by atoms with van der Waals surface area (Å²) in [7, 11) is 0. The molecule has 152 valence electrons. The second-order valence-corrected chi connectivity index (χ2v) is 6.53. The number of aliphatic hydroxyl groups excluding tert-OH is 4. The van der Waals surface area contributed by atoms with Gasteiger partial charge in [-0.25, -0.2) is 4.79 Å². The van der Waals surface area contributed by atoms with Gasteiger partial charge in [-0.05, 0) is 6.42 Å². The molecule has 1 fully saturated rings. The largest absolute Gasteiger partial charge is 0.394 e. The maximum absolute atomic E-state index is 12.7. The Morgan fingerprint density at radius 3 is 2.35 bits per heavy atom. The van der Waals surface area contributed by atoms with E-state index >= 15 is 0 Å². The van der Waals surface area contributed by atoms with E-state index in [4.69, 9.17) is 16.3 Å². The lowest BCUT2D eigenvalue weighted by molar-refractivity contribution is -0.258. The number of nitroso groups, excluding NO2 is 1. The van der Waals surface area contributed by atoms with Gasteiger partial charge in [0.25, 0.3) is 0 Å². The normalized spacial score (nSPS) is 28.6. The van der Waals surface area contributed by atoms with Crippen LogP contribution in [0.15, 0.2) is 5.29 Å². The lowest BCUT2D eigenvalue weighted by atomic mass is 9.97. The quantitative estimate of drug-likeness (QED) is 0.176. The number of nitrogens with zero attached hydrogens (tertiary/aromatic N) is 3. The van der Waals surface area contributed by atoms with E-state index < -0.39 is 43.3 Å². The van der Waals surface area contributed by atoms with Gasteiger partial charge in [-0.2, -0.15) is 5.01 Å². The molecule has 11 heteroatoms. The number of carbonyl (C=O) groups excluding carboxylic acids is 1. The van der Waals surface area contributed by atoms with Crippen molar-refractivity contribution in [2.45, 2.75) is 63.3 Å². The number of urea groups is 1. The number of halogens is 1. The second-order valence-electron chi connectivity index (χ2n) is 6.15. The summed E-state index contributed by atoms with van der Waals surface area (Å²) in [5, 5.41) is 42.7. The molecular weight excluding hydrogens is 370 g/mol. The Labute approximate surface area is 157 Å². The van der Waals surface area contributed by atoms with Crippen LogP contribution in [0.2, 0.25) is 0 Å². The zero-order chi connectivity index (χ0) is 19.7. The lowest BCUT2D eigenvalue weighted by Crippen LogP contribution is -2.65. The Bertz CT molecular complexity index is 443. The van der Waals surface area contributed by atoms with E-state index in [0.29, 0.717) is 11.4 Å². The van der Waals surface area contributed by atoms with Crippen LogP contribution in [0.4, 0.5) is 4.79 Å². The van der Waals surface area contributed by atoms with E-state index in [9.17, 15) is 30.1 Å². The molecule has 0 aromatic heterocycles. The molecule has 1 saturated heterocycles. The fourth-order valence-electron chi connectivity index (χ4n) is 2.78. The number of alkyl halides is 1. The van der Waals surface area contributed by atoms with E-state index in [0.717, 1.165) is 24.2 Å². The first-order valence-corrected chi connectivity index (χ1v) is 9.24. The van der Waals surface area contributed by atoms with Crippen molar-refractivity contribution in [3.8, 4) is 0 Å². The molecule has 4 N–H and O–H groups in total. The number of ether oxygens (including phenoxy) is 1. The SMILES string of the molecule is CCCCCCN(C(=O)N(CCCl)N=O)[C@@H]1O[C@H](CO)[C@@H](O)[C@H](O)[C@H]1O. The van der Waals surface area contributed by atoms with E-state index in [2.05, 4.69) is 5.29 Å². The Hall–Kier alpha value is -1.04. The monoisotopic (exact) mass is 397 g/mol. The van der Waals surface area contributed by atoms with Crippen molar-refractivity contribution in [2.24, 2.45) is 5.29 Å². The summed E-state index contributed by atoms with van der Waals surface area (Å²) in [4.78, 5) is 24.7. The summed E-state index contributed by atoms with van der Waals surface area (Å²) in [6.07, 6.45) is -3.99. The Balaban J connectivity index is 3.00. The number of hydrogen-bond donors (Lipinski definition) is 4. The van der Waals surface area contributed by atoms with Crippen LogP contribution in [0.3, 0.4) is 0 Å². The smallest absolute Gasteiger partial charge is 0.345 e. The van der Waals surface area contributed by atoms with E-state index in [1.54, 1.807) is 0 Å². The summed E-state index contributed by atoms with van der Waals surface area (Å²) in [6.45, 7) is 1.41. The van der Waals surface area contributed by atoms with Crippen molar-refractivity contribution < 1.29 is 30.0 Å². The highest BCUT2D eigenvalue weighted by Gasteiger charge is 2.47. The highest BCUT2D eigenvalue weighted by Crippen LogP contribution is 2.25. The molecule has 0 aromatic carbocycles. The third kappa shape index (κ3) is 5.73. The molecule has 0 bridgehead atoms. The van der Waals surface area contributed by atoms with Gasteiger partial charge in [-0.3, -0.25) is 4.90 Å². The molecule has 10 nitrogen and oxygen atoms in total. The van der Waals surface area contributed by atoms with Gasteiger partial charge in [-0.1, -0.05) is 26.2 Å². The highest BCUT2D eigenvalue weighted by molar-refractivity contribution is 6.18. The van der Waals surface area contributed by atoms with Crippen LogP contribution in [-0.4, -0.2) is 92.6 Å². The predicted molar refractivity (Wildman–Crippen MR) is 93.2 cm³/mol. The van der Waals surface area contributed by atoms with Gasteiger partial charge in [0.2, 0.25) is 0 Å². The van der Waals surface area contributed by atoms with Crippen molar-refractivity contribution in [1.29, 1.82) is 0 Å². The van der Waals surface area contributed by atoms with Crippen LogP contribution in [0.25, 0.3) is 0 Å². The number of aliphatic hydroxyl groups is 4. The minimum atomic E-state index is -1.62. The summed E-state index contributed by atoms with van der Waals surface area (Å²) >= 11 is 5.57. The zero-order valence-electron chi connectivity index (χ0n) is 14.8. The fraction of sp³-hybridized carbons (Fsp3) is 0.933.